The van der Waals surface area contributed by atoms with Gasteiger partial charge < -0.3 is 0 Å². The van der Waals surface area contributed by atoms with E-state index in [0.29, 0.717) is 11.5 Å². The lowest BCUT2D eigenvalue weighted by molar-refractivity contribution is 0.0966. The third kappa shape index (κ3) is 2.71. The van der Waals surface area contributed by atoms with Crippen molar-refractivity contribution in [2.24, 2.45) is 0 Å². The van der Waals surface area contributed by atoms with E-state index in [4.69, 9.17) is 0 Å². The highest BCUT2D eigenvalue weighted by Gasteiger charge is 2.36. The molecule has 5 nitrogen and oxygen atoms in total. The lowest BCUT2D eigenvalue weighted by Crippen LogP contribution is -2.46. The molecule has 0 bridgehead atoms. The lowest BCUT2D eigenvalue weighted by atomic mass is 9.97. The first-order valence-electron chi connectivity index (χ1n) is 8.50. The van der Waals surface area contributed by atoms with Crippen molar-refractivity contribution in [2.45, 2.75) is 32.4 Å². The number of rotatable bonds is 2. The molecule has 3 aromatic rings. The number of aryl methyl sites for hydroxylation is 1. The summed E-state index contributed by atoms with van der Waals surface area (Å²) < 4.78 is 1.86. The molecule has 0 radical (unpaired) electrons. The Morgan fingerprint density at radius 3 is 2.68 bits per heavy atom. The Bertz CT molecular complexity index is 903. The van der Waals surface area contributed by atoms with Gasteiger partial charge in [0.05, 0.1) is 6.04 Å². The van der Waals surface area contributed by atoms with Crippen LogP contribution in [0.2, 0.25) is 0 Å². The summed E-state index contributed by atoms with van der Waals surface area (Å²) in [4.78, 5) is 19.3. The highest BCUT2D eigenvalue weighted by Crippen LogP contribution is 2.35. The smallest absolute Gasteiger partial charge is 0.260 e. The Hall–Kier alpha value is -2.95. The molecule has 5 heteroatoms. The van der Waals surface area contributed by atoms with Gasteiger partial charge in [-0.2, -0.15) is 10.1 Å². The Morgan fingerprint density at radius 2 is 1.92 bits per heavy atom. The van der Waals surface area contributed by atoms with Crippen molar-refractivity contribution < 1.29 is 4.79 Å². The van der Waals surface area contributed by atoms with Crippen molar-refractivity contribution >= 4 is 11.9 Å². The second-order valence-corrected chi connectivity index (χ2v) is 6.56. The summed E-state index contributed by atoms with van der Waals surface area (Å²) in [5.74, 6) is 0.580. The quantitative estimate of drug-likeness (QED) is 0.720. The highest BCUT2D eigenvalue weighted by atomic mass is 16.2. The van der Waals surface area contributed by atoms with Gasteiger partial charge in [-0.05, 0) is 38.0 Å². The zero-order valence-electron chi connectivity index (χ0n) is 14.3. The fraction of sp³-hybridized carbons (Fsp3) is 0.250. The molecule has 1 aliphatic heterocycles. The second-order valence-electron chi connectivity index (χ2n) is 6.56. The van der Waals surface area contributed by atoms with E-state index in [2.05, 4.69) is 29.1 Å². The molecule has 1 amide bonds. The van der Waals surface area contributed by atoms with E-state index < -0.39 is 0 Å². The number of benzene rings is 2. The van der Waals surface area contributed by atoms with E-state index in [9.17, 15) is 4.79 Å². The average Bonchev–Trinajstić information content (AvgIpc) is 3.10. The zero-order valence-corrected chi connectivity index (χ0v) is 14.3. The molecule has 2 atom stereocenters. The van der Waals surface area contributed by atoms with Crippen LogP contribution >= 0.6 is 0 Å². The number of amides is 1. The monoisotopic (exact) mass is 332 g/mol. The molecular weight excluding hydrogens is 312 g/mol. The van der Waals surface area contributed by atoms with Crippen LogP contribution in [-0.2, 0) is 0 Å². The molecule has 0 N–H and O–H groups in total. The largest absolute Gasteiger partial charge is 0.274 e. The fourth-order valence-electron chi connectivity index (χ4n) is 3.52. The van der Waals surface area contributed by atoms with Gasteiger partial charge in [-0.3, -0.25) is 9.69 Å². The number of nitrogens with zero attached hydrogens (tertiary/aromatic N) is 4. The molecular formula is C20H20N4O. The van der Waals surface area contributed by atoms with E-state index in [-0.39, 0.29) is 18.0 Å². The third-order valence-electron chi connectivity index (χ3n) is 4.74. The Balaban J connectivity index is 1.74. The Labute approximate surface area is 146 Å². The van der Waals surface area contributed by atoms with Gasteiger partial charge >= 0.3 is 0 Å². The predicted octanol–water partition coefficient (Wildman–Crippen LogP) is 3.61. The Morgan fingerprint density at radius 1 is 1.12 bits per heavy atom. The number of fused-ring (bicyclic) bond motifs is 1. The first kappa shape index (κ1) is 15.6. The SMILES string of the molecule is Cc1cccc(C(=O)N2c3ncnn3C(c3ccccc3)CC2C)c1. The van der Waals surface area contributed by atoms with Gasteiger partial charge in [0.15, 0.2) is 0 Å². The number of anilines is 1. The molecule has 0 fully saturated rings. The summed E-state index contributed by atoms with van der Waals surface area (Å²) in [5, 5.41) is 4.40. The maximum atomic E-state index is 13.1. The van der Waals surface area contributed by atoms with Crippen LogP contribution in [0, 0.1) is 6.92 Å². The first-order chi connectivity index (χ1) is 12.1. The molecule has 4 rings (SSSR count). The number of carbonyl (C=O) groups is 1. The topological polar surface area (TPSA) is 51.0 Å². The van der Waals surface area contributed by atoms with Crippen LogP contribution in [0.3, 0.4) is 0 Å². The maximum absolute atomic E-state index is 13.1. The van der Waals surface area contributed by atoms with Crippen molar-refractivity contribution in [2.75, 3.05) is 4.90 Å². The lowest BCUT2D eigenvalue weighted by Gasteiger charge is -2.37. The van der Waals surface area contributed by atoms with Crippen LogP contribution in [0.4, 0.5) is 5.95 Å². The van der Waals surface area contributed by atoms with Crippen LogP contribution < -0.4 is 4.90 Å². The highest BCUT2D eigenvalue weighted by molar-refractivity contribution is 6.05. The number of hydrogen-bond donors (Lipinski definition) is 0. The summed E-state index contributed by atoms with van der Waals surface area (Å²) in [5.41, 5.74) is 2.93. The van der Waals surface area contributed by atoms with Crippen LogP contribution in [0.5, 0.6) is 0 Å². The number of aromatic nitrogens is 3. The van der Waals surface area contributed by atoms with Crippen molar-refractivity contribution in [3.05, 3.63) is 77.6 Å². The van der Waals surface area contributed by atoms with E-state index in [0.717, 1.165) is 12.0 Å². The molecule has 1 aliphatic rings. The van der Waals surface area contributed by atoms with Crippen LogP contribution in [0.25, 0.3) is 0 Å². The van der Waals surface area contributed by atoms with E-state index in [1.54, 1.807) is 4.90 Å². The first-order valence-corrected chi connectivity index (χ1v) is 8.50. The standard InChI is InChI=1S/C20H20N4O/c1-14-7-6-10-17(11-14)19(25)23-15(2)12-18(16-8-4-3-5-9-16)24-20(23)21-13-22-24/h3-11,13,15,18H,12H2,1-2H3. The normalized spacial score (nSPS) is 19.5. The van der Waals surface area contributed by atoms with Crippen molar-refractivity contribution in [1.82, 2.24) is 14.8 Å². The molecule has 0 aliphatic carbocycles. The van der Waals surface area contributed by atoms with Crippen molar-refractivity contribution in [3.63, 3.8) is 0 Å². The molecule has 0 saturated heterocycles. The summed E-state index contributed by atoms with van der Waals surface area (Å²) >= 11 is 0. The molecule has 25 heavy (non-hydrogen) atoms. The zero-order chi connectivity index (χ0) is 17.4. The van der Waals surface area contributed by atoms with Crippen molar-refractivity contribution in [3.8, 4) is 0 Å². The molecule has 1 aromatic heterocycles. The molecule has 2 aromatic carbocycles. The van der Waals surface area contributed by atoms with Gasteiger partial charge in [-0.15, -0.1) is 0 Å². The predicted molar refractivity (Wildman–Crippen MR) is 96.7 cm³/mol. The molecule has 2 unspecified atom stereocenters. The third-order valence-corrected chi connectivity index (χ3v) is 4.74. The molecule has 0 spiro atoms. The summed E-state index contributed by atoms with van der Waals surface area (Å²) in [6.07, 6.45) is 2.33. The van der Waals surface area contributed by atoms with Crippen molar-refractivity contribution in [1.29, 1.82) is 0 Å². The number of hydrogen-bond acceptors (Lipinski definition) is 3. The van der Waals surface area contributed by atoms with Crippen LogP contribution in [0.1, 0.15) is 40.9 Å². The second kappa shape index (κ2) is 6.16. The maximum Gasteiger partial charge on any atom is 0.260 e. The summed E-state index contributed by atoms with van der Waals surface area (Å²) in [6, 6.07) is 18.1. The minimum atomic E-state index is -0.0306. The van der Waals surface area contributed by atoms with Gasteiger partial charge in [0.25, 0.3) is 5.91 Å². The van der Waals surface area contributed by atoms with Gasteiger partial charge in [0.1, 0.15) is 6.33 Å². The summed E-state index contributed by atoms with van der Waals surface area (Å²) in [6.45, 7) is 4.06. The minimum Gasteiger partial charge on any atom is -0.274 e. The van der Waals surface area contributed by atoms with Crippen LogP contribution in [0.15, 0.2) is 60.9 Å². The molecule has 126 valence electrons. The van der Waals surface area contributed by atoms with Gasteiger partial charge in [-0.1, -0.05) is 48.0 Å². The molecule has 2 heterocycles. The summed E-state index contributed by atoms with van der Waals surface area (Å²) in [7, 11) is 0. The van der Waals surface area contributed by atoms with Crippen LogP contribution in [-0.4, -0.2) is 26.7 Å². The van der Waals surface area contributed by atoms with E-state index in [1.807, 2.05) is 54.1 Å². The molecule has 0 saturated carbocycles. The average molecular weight is 332 g/mol. The van der Waals surface area contributed by atoms with Gasteiger partial charge in [0.2, 0.25) is 5.95 Å². The van der Waals surface area contributed by atoms with Gasteiger partial charge in [-0.25, -0.2) is 4.68 Å². The fourth-order valence-corrected chi connectivity index (χ4v) is 3.52. The Kier molecular flexibility index (Phi) is 3.84. The van der Waals surface area contributed by atoms with E-state index >= 15 is 0 Å². The minimum absolute atomic E-state index is 0.0306. The number of carbonyl (C=O) groups excluding carboxylic acids is 1. The van der Waals surface area contributed by atoms with Gasteiger partial charge in [0, 0.05) is 11.6 Å². The van der Waals surface area contributed by atoms with E-state index in [1.165, 1.54) is 11.9 Å².